The van der Waals surface area contributed by atoms with Gasteiger partial charge >= 0.3 is 12.4 Å². The highest BCUT2D eigenvalue weighted by Gasteiger charge is 2.44. The molecule has 2 atom stereocenters. The number of phenols is 1. The molecule has 1 rings (SSSR count). The quantitative estimate of drug-likeness (QED) is 0.749. The van der Waals surface area contributed by atoms with E-state index < -0.39 is 47.2 Å². The van der Waals surface area contributed by atoms with Crippen molar-refractivity contribution in [3.63, 3.8) is 0 Å². The Morgan fingerprint density at radius 1 is 0.952 bits per heavy atom. The number of aromatic hydroxyl groups is 1. The minimum absolute atomic E-state index is 0.216. The van der Waals surface area contributed by atoms with Gasteiger partial charge in [-0.25, -0.2) is 0 Å². The molecule has 0 fully saturated rings. The van der Waals surface area contributed by atoms with Gasteiger partial charge in [0.2, 0.25) is 0 Å². The highest BCUT2D eigenvalue weighted by atomic mass is 19.4. The molecule has 0 heterocycles. The summed E-state index contributed by atoms with van der Waals surface area (Å²) in [5.74, 6) is -1.91. The Kier molecular flexibility index (Phi) is 4.63. The zero-order chi connectivity index (χ0) is 16.6. The summed E-state index contributed by atoms with van der Waals surface area (Å²) in [6, 6.07) is 0.744. The van der Waals surface area contributed by atoms with E-state index in [4.69, 9.17) is 10.2 Å². The third kappa shape index (κ3) is 3.70. The van der Waals surface area contributed by atoms with Gasteiger partial charge in [-0.05, 0) is 17.7 Å². The summed E-state index contributed by atoms with van der Waals surface area (Å²) in [6.07, 6.45) is -16.7. The molecule has 1 aromatic carbocycles. The maximum absolute atomic E-state index is 12.4. The first-order valence-electron chi connectivity index (χ1n) is 5.30. The van der Waals surface area contributed by atoms with Crippen molar-refractivity contribution in [3.05, 3.63) is 23.3 Å². The van der Waals surface area contributed by atoms with Crippen molar-refractivity contribution in [2.45, 2.75) is 24.6 Å². The second kappa shape index (κ2) is 5.60. The number of benzene rings is 1. The summed E-state index contributed by atoms with van der Waals surface area (Å²) in [6.45, 7) is 0. The average Bonchev–Trinajstić information content (AvgIpc) is 2.35. The maximum Gasteiger partial charge on any atom is 0.418 e. The molecule has 0 saturated carbocycles. The van der Waals surface area contributed by atoms with Gasteiger partial charge in [0.15, 0.2) is 23.7 Å². The topological polar surface area (TPSA) is 69.9 Å². The van der Waals surface area contributed by atoms with Crippen LogP contribution in [0.2, 0.25) is 0 Å². The number of aliphatic hydroxyl groups excluding tert-OH is 2. The average molecular weight is 320 g/mol. The number of rotatable bonds is 3. The third-order valence-electron chi connectivity index (χ3n) is 2.58. The molecule has 0 saturated heterocycles. The van der Waals surface area contributed by atoms with E-state index in [0.717, 1.165) is 7.11 Å². The molecule has 0 radical (unpaired) electrons. The summed E-state index contributed by atoms with van der Waals surface area (Å²) in [5.41, 5.74) is -2.25. The van der Waals surface area contributed by atoms with Crippen LogP contribution >= 0.6 is 0 Å². The minimum Gasteiger partial charge on any atom is -0.504 e. The van der Waals surface area contributed by atoms with Crippen LogP contribution < -0.4 is 4.74 Å². The van der Waals surface area contributed by atoms with Gasteiger partial charge in [-0.3, -0.25) is 0 Å². The van der Waals surface area contributed by atoms with E-state index in [9.17, 15) is 31.4 Å². The molecule has 0 bridgehead atoms. The van der Waals surface area contributed by atoms with Crippen LogP contribution in [-0.2, 0) is 0 Å². The fourth-order valence-corrected chi connectivity index (χ4v) is 1.54. The lowest BCUT2D eigenvalue weighted by atomic mass is 10.00. The first-order valence-corrected chi connectivity index (χ1v) is 5.30. The molecule has 1 aromatic rings. The van der Waals surface area contributed by atoms with Crippen molar-refractivity contribution in [3.8, 4) is 11.5 Å². The van der Waals surface area contributed by atoms with Crippen LogP contribution in [0, 0.1) is 0 Å². The van der Waals surface area contributed by atoms with E-state index in [1.54, 1.807) is 0 Å². The monoisotopic (exact) mass is 320 g/mol. The molecule has 21 heavy (non-hydrogen) atoms. The Balaban J connectivity index is 3.45. The van der Waals surface area contributed by atoms with Crippen molar-refractivity contribution in [2.24, 2.45) is 0 Å². The third-order valence-corrected chi connectivity index (χ3v) is 2.58. The van der Waals surface area contributed by atoms with E-state index in [2.05, 4.69) is 4.74 Å². The molecule has 0 aromatic heterocycles. The highest BCUT2D eigenvalue weighted by Crippen LogP contribution is 2.44. The van der Waals surface area contributed by atoms with Crippen molar-refractivity contribution in [1.29, 1.82) is 0 Å². The molecule has 0 aliphatic carbocycles. The summed E-state index contributed by atoms with van der Waals surface area (Å²) in [7, 11) is 0.891. The van der Waals surface area contributed by atoms with Crippen molar-refractivity contribution < 1.29 is 46.4 Å². The summed E-state index contributed by atoms with van der Waals surface area (Å²) < 4.78 is 78.9. The second-order valence-electron chi connectivity index (χ2n) is 4.05. The van der Waals surface area contributed by atoms with Crippen LogP contribution in [-0.4, -0.2) is 34.8 Å². The van der Waals surface area contributed by atoms with Crippen LogP contribution in [0.3, 0.4) is 0 Å². The molecule has 0 amide bonds. The molecule has 4 nitrogen and oxygen atoms in total. The minimum atomic E-state index is -5.22. The first-order chi connectivity index (χ1) is 9.39. The summed E-state index contributed by atoms with van der Waals surface area (Å²) in [5, 5.41) is 27.6. The Morgan fingerprint density at radius 3 is 1.81 bits per heavy atom. The normalized spacial score (nSPS) is 15.7. The Hall–Kier alpha value is -1.68. The van der Waals surface area contributed by atoms with Gasteiger partial charge in [-0.2, -0.15) is 26.3 Å². The number of alkyl halides is 6. The van der Waals surface area contributed by atoms with E-state index in [0.29, 0.717) is 6.07 Å². The fraction of sp³-hybridized carbons (Fsp3) is 0.455. The molecule has 0 aliphatic rings. The molecule has 0 spiro atoms. The molecule has 0 aliphatic heterocycles. The Bertz CT molecular complexity index is 511. The number of hydrogen-bond acceptors (Lipinski definition) is 4. The van der Waals surface area contributed by atoms with E-state index in [-0.39, 0.29) is 6.07 Å². The fourth-order valence-electron chi connectivity index (χ4n) is 1.54. The zero-order valence-corrected chi connectivity index (χ0v) is 10.3. The predicted molar refractivity (Wildman–Crippen MR) is 56.7 cm³/mol. The molecule has 2 unspecified atom stereocenters. The maximum atomic E-state index is 12.4. The Labute approximate surface area is 114 Å². The van der Waals surface area contributed by atoms with Gasteiger partial charge < -0.3 is 20.1 Å². The van der Waals surface area contributed by atoms with Gasteiger partial charge in [-0.1, -0.05) is 0 Å². The van der Waals surface area contributed by atoms with E-state index >= 15 is 0 Å². The summed E-state index contributed by atoms with van der Waals surface area (Å²) >= 11 is 0. The van der Waals surface area contributed by atoms with Crippen molar-refractivity contribution >= 4 is 0 Å². The van der Waals surface area contributed by atoms with E-state index in [1.165, 1.54) is 0 Å². The SMILES string of the molecule is COc1cc(C(O)C(F)(F)F)cc(C(O)C(F)(F)F)c1O. The van der Waals surface area contributed by atoms with Gasteiger partial charge in [0.25, 0.3) is 0 Å². The van der Waals surface area contributed by atoms with Crippen molar-refractivity contribution in [1.82, 2.24) is 0 Å². The van der Waals surface area contributed by atoms with E-state index in [1.807, 2.05) is 0 Å². The van der Waals surface area contributed by atoms with Gasteiger partial charge in [-0.15, -0.1) is 0 Å². The van der Waals surface area contributed by atoms with Crippen LogP contribution in [0.25, 0.3) is 0 Å². The van der Waals surface area contributed by atoms with Gasteiger partial charge in [0, 0.05) is 5.56 Å². The smallest absolute Gasteiger partial charge is 0.418 e. The van der Waals surface area contributed by atoms with Gasteiger partial charge in [0.05, 0.1) is 7.11 Å². The van der Waals surface area contributed by atoms with Crippen LogP contribution in [0.4, 0.5) is 26.3 Å². The highest BCUT2D eigenvalue weighted by molar-refractivity contribution is 5.50. The standard InChI is InChI=1S/C11H10F6O4/c1-21-6-3-4(8(19)10(12,13)14)2-5(7(6)18)9(20)11(15,16)17/h2-3,8-9,18-20H,1H3. The van der Waals surface area contributed by atoms with Crippen LogP contribution in [0.15, 0.2) is 12.1 Å². The number of hydrogen-bond donors (Lipinski definition) is 3. The zero-order valence-electron chi connectivity index (χ0n) is 10.3. The molecular weight excluding hydrogens is 310 g/mol. The first kappa shape index (κ1) is 17.4. The molecule has 120 valence electrons. The molecule has 10 heteroatoms. The molecular formula is C11H10F6O4. The molecule has 3 N–H and O–H groups in total. The number of aliphatic hydroxyl groups is 2. The number of ether oxygens (including phenoxy) is 1. The second-order valence-corrected chi connectivity index (χ2v) is 4.05. The largest absolute Gasteiger partial charge is 0.504 e. The Morgan fingerprint density at radius 2 is 1.43 bits per heavy atom. The lowest BCUT2D eigenvalue weighted by molar-refractivity contribution is -0.208. The van der Waals surface area contributed by atoms with Crippen LogP contribution in [0.5, 0.6) is 11.5 Å². The van der Waals surface area contributed by atoms with Crippen molar-refractivity contribution in [2.75, 3.05) is 7.11 Å². The predicted octanol–water partition coefficient (Wildman–Crippen LogP) is 2.59. The lowest BCUT2D eigenvalue weighted by Gasteiger charge is -2.21. The van der Waals surface area contributed by atoms with Gasteiger partial charge in [0.1, 0.15) is 0 Å². The van der Waals surface area contributed by atoms with Crippen LogP contribution in [0.1, 0.15) is 23.3 Å². The number of halogens is 6. The number of phenolic OH excluding ortho intramolecular Hbond substituents is 1. The lowest BCUT2D eigenvalue weighted by Crippen LogP contribution is -2.23. The number of methoxy groups -OCH3 is 1. The summed E-state index contributed by atoms with van der Waals surface area (Å²) in [4.78, 5) is 0.